The predicted octanol–water partition coefficient (Wildman–Crippen LogP) is 1.75. The molecular weight excluding hydrogens is 232 g/mol. The van der Waals surface area contributed by atoms with Crippen LogP contribution < -0.4 is 0 Å². The Kier molecular flexibility index (Phi) is 5.35. The minimum atomic E-state index is -4.55. The standard InChI is InChI=1S/C4H8F3O4PS/c1-2-9-11-12(8,13)10-3-4(5,6)7/h2-3H2,1H3,(H,8,13). The van der Waals surface area contributed by atoms with Gasteiger partial charge in [-0.25, -0.2) is 4.89 Å². The zero-order valence-corrected chi connectivity index (χ0v) is 8.29. The molecule has 0 aliphatic heterocycles. The first-order valence-electron chi connectivity index (χ1n) is 3.12. The van der Waals surface area contributed by atoms with Gasteiger partial charge in [0.25, 0.3) is 0 Å². The third-order valence-corrected chi connectivity index (χ3v) is 1.90. The molecule has 13 heavy (non-hydrogen) atoms. The second kappa shape index (κ2) is 5.23. The molecule has 0 bridgehead atoms. The molecule has 0 aromatic heterocycles. The molecule has 0 aliphatic rings. The normalized spacial score (nSPS) is 17.0. The molecule has 0 aromatic rings. The first-order chi connectivity index (χ1) is 5.77. The van der Waals surface area contributed by atoms with Crippen molar-refractivity contribution in [1.29, 1.82) is 0 Å². The molecule has 0 saturated carbocycles. The van der Waals surface area contributed by atoms with Crippen molar-refractivity contribution in [1.82, 2.24) is 0 Å². The van der Waals surface area contributed by atoms with E-state index in [0.717, 1.165) is 0 Å². The van der Waals surface area contributed by atoms with Gasteiger partial charge >= 0.3 is 12.9 Å². The van der Waals surface area contributed by atoms with Gasteiger partial charge < -0.3 is 4.89 Å². The highest BCUT2D eigenvalue weighted by Crippen LogP contribution is 2.45. The van der Waals surface area contributed by atoms with E-state index in [0.29, 0.717) is 0 Å². The van der Waals surface area contributed by atoms with E-state index in [1.165, 1.54) is 6.92 Å². The lowest BCUT2D eigenvalue weighted by molar-refractivity contribution is -0.219. The van der Waals surface area contributed by atoms with Crippen LogP contribution in [-0.2, 0) is 25.9 Å². The number of halogens is 3. The van der Waals surface area contributed by atoms with Crippen LogP contribution in [0, 0.1) is 0 Å². The fraction of sp³-hybridized carbons (Fsp3) is 1.00. The Morgan fingerprint density at radius 2 is 2.00 bits per heavy atom. The van der Waals surface area contributed by atoms with E-state index in [2.05, 4.69) is 25.9 Å². The van der Waals surface area contributed by atoms with E-state index >= 15 is 0 Å². The molecule has 1 N–H and O–H groups in total. The van der Waals surface area contributed by atoms with Crippen molar-refractivity contribution in [2.24, 2.45) is 0 Å². The Bertz CT molecular complexity index is 196. The lowest BCUT2D eigenvalue weighted by Crippen LogP contribution is -2.16. The van der Waals surface area contributed by atoms with Gasteiger partial charge in [-0.05, 0) is 18.7 Å². The van der Waals surface area contributed by atoms with Crippen LogP contribution in [0.15, 0.2) is 0 Å². The van der Waals surface area contributed by atoms with Gasteiger partial charge in [0.05, 0.1) is 6.61 Å². The summed E-state index contributed by atoms with van der Waals surface area (Å²) in [5.74, 6) is 0. The Labute approximate surface area is 77.8 Å². The van der Waals surface area contributed by atoms with Gasteiger partial charge in [-0.2, -0.15) is 13.2 Å². The highest BCUT2D eigenvalue weighted by atomic mass is 32.5. The summed E-state index contributed by atoms with van der Waals surface area (Å²) in [6.45, 7) is -4.01. The molecule has 1 atom stereocenters. The Hall–Kier alpha value is 0.280. The van der Waals surface area contributed by atoms with E-state index < -0.39 is 19.5 Å². The van der Waals surface area contributed by atoms with Crippen LogP contribution in [0.25, 0.3) is 0 Å². The minimum absolute atomic E-state index is 0.0499. The van der Waals surface area contributed by atoms with Crippen molar-refractivity contribution < 1.29 is 32.2 Å². The fourth-order valence-electron chi connectivity index (χ4n) is 0.296. The number of hydrogen-bond acceptors (Lipinski definition) is 4. The molecule has 0 radical (unpaired) electrons. The Morgan fingerprint density at radius 1 is 1.46 bits per heavy atom. The highest BCUT2D eigenvalue weighted by molar-refractivity contribution is 8.07. The van der Waals surface area contributed by atoms with Gasteiger partial charge in [0.2, 0.25) is 0 Å². The molecule has 0 aliphatic carbocycles. The molecule has 0 heterocycles. The van der Waals surface area contributed by atoms with Crippen LogP contribution in [0.2, 0.25) is 0 Å². The molecule has 9 heteroatoms. The Morgan fingerprint density at radius 3 is 2.38 bits per heavy atom. The zero-order chi connectivity index (χ0) is 10.5. The molecule has 1 unspecified atom stereocenters. The van der Waals surface area contributed by atoms with E-state index in [1.54, 1.807) is 0 Å². The van der Waals surface area contributed by atoms with Crippen molar-refractivity contribution in [2.75, 3.05) is 13.2 Å². The molecule has 0 fully saturated rings. The lowest BCUT2D eigenvalue weighted by Gasteiger charge is -2.14. The SMILES string of the molecule is CCOOP(O)(=S)OCC(F)(F)F. The molecule has 0 spiro atoms. The molecular formula is C4H8F3O4PS. The summed E-state index contributed by atoms with van der Waals surface area (Å²) in [6.07, 6.45) is -4.55. The third-order valence-electron chi connectivity index (χ3n) is 0.656. The topological polar surface area (TPSA) is 47.9 Å². The van der Waals surface area contributed by atoms with Crippen molar-refractivity contribution >= 4 is 18.5 Å². The average Bonchev–Trinajstić information content (AvgIpc) is 1.97. The van der Waals surface area contributed by atoms with Crippen LogP contribution in [-0.4, -0.2) is 24.3 Å². The summed E-state index contributed by atoms with van der Waals surface area (Å²) in [5.41, 5.74) is 0. The molecule has 0 aromatic carbocycles. The van der Waals surface area contributed by atoms with Gasteiger partial charge in [0, 0.05) is 0 Å². The number of alkyl halides is 3. The largest absolute Gasteiger partial charge is 0.412 e. The summed E-state index contributed by atoms with van der Waals surface area (Å²) in [7, 11) is 0. The minimum Gasteiger partial charge on any atom is -0.323 e. The second-order valence-electron chi connectivity index (χ2n) is 1.84. The van der Waals surface area contributed by atoms with Gasteiger partial charge in [-0.1, -0.05) is 0 Å². The summed E-state index contributed by atoms with van der Waals surface area (Å²) >= 11 is 4.17. The van der Waals surface area contributed by atoms with Crippen molar-refractivity contribution in [2.45, 2.75) is 13.1 Å². The van der Waals surface area contributed by atoms with Gasteiger partial charge in [-0.3, -0.25) is 4.52 Å². The maximum atomic E-state index is 11.5. The summed E-state index contributed by atoms with van der Waals surface area (Å²) in [6, 6.07) is 0. The first-order valence-corrected chi connectivity index (χ1v) is 5.71. The summed E-state index contributed by atoms with van der Waals surface area (Å²) in [4.78, 5) is 13.0. The molecule has 4 nitrogen and oxygen atoms in total. The van der Waals surface area contributed by atoms with Crippen molar-refractivity contribution in [3.8, 4) is 0 Å². The van der Waals surface area contributed by atoms with Crippen LogP contribution in [0.1, 0.15) is 6.92 Å². The van der Waals surface area contributed by atoms with Gasteiger partial charge in [-0.15, -0.1) is 4.67 Å². The first kappa shape index (κ1) is 13.3. The second-order valence-corrected chi connectivity index (χ2v) is 4.57. The smallest absolute Gasteiger partial charge is 0.323 e. The average molecular weight is 240 g/mol. The number of hydrogen-bond donors (Lipinski definition) is 1. The van der Waals surface area contributed by atoms with Crippen LogP contribution >= 0.6 is 6.72 Å². The summed E-state index contributed by atoms with van der Waals surface area (Å²) in [5, 5.41) is 0. The monoisotopic (exact) mass is 240 g/mol. The molecule has 0 rings (SSSR count). The Balaban J connectivity index is 3.83. The van der Waals surface area contributed by atoms with Crippen LogP contribution in [0.5, 0.6) is 0 Å². The zero-order valence-electron chi connectivity index (χ0n) is 6.58. The maximum Gasteiger partial charge on any atom is 0.412 e. The number of rotatable bonds is 5. The van der Waals surface area contributed by atoms with E-state index in [9.17, 15) is 13.2 Å². The quantitative estimate of drug-likeness (QED) is 0.450. The molecule has 0 amide bonds. The van der Waals surface area contributed by atoms with Crippen molar-refractivity contribution in [3.05, 3.63) is 0 Å². The van der Waals surface area contributed by atoms with Gasteiger partial charge in [0.15, 0.2) is 6.61 Å². The van der Waals surface area contributed by atoms with Gasteiger partial charge in [0.1, 0.15) is 0 Å². The fourth-order valence-corrected chi connectivity index (χ4v) is 1.17. The predicted molar refractivity (Wildman–Crippen MR) is 41.2 cm³/mol. The lowest BCUT2D eigenvalue weighted by atomic mass is 10.7. The van der Waals surface area contributed by atoms with Crippen LogP contribution in [0.3, 0.4) is 0 Å². The molecule has 0 saturated heterocycles. The summed E-state index contributed by atoms with van der Waals surface area (Å²) < 4.78 is 42.6. The molecule has 80 valence electrons. The van der Waals surface area contributed by atoms with Crippen molar-refractivity contribution in [3.63, 3.8) is 0 Å². The van der Waals surface area contributed by atoms with E-state index in [1.807, 2.05) is 0 Å². The van der Waals surface area contributed by atoms with E-state index in [4.69, 9.17) is 4.89 Å². The third kappa shape index (κ3) is 8.61. The van der Waals surface area contributed by atoms with E-state index in [-0.39, 0.29) is 6.61 Å². The van der Waals surface area contributed by atoms with Crippen LogP contribution in [0.4, 0.5) is 13.2 Å². The maximum absolute atomic E-state index is 11.5. The highest BCUT2D eigenvalue weighted by Gasteiger charge is 2.31.